The fourth-order valence-corrected chi connectivity index (χ4v) is 5.58. The zero-order chi connectivity index (χ0) is 19.8. The molecule has 2 aliphatic rings. The van der Waals surface area contributed by atoms with Crippen LogP contribution < -0.4 is 15.5 Å². The van der Waals surface area contributed by atoms with E-state index in [2.05, 4.69) is 56.2 Å². The summed E-state index contributed by atoms with van der Waals surface area (Å²) in [7, 11) is 0. The number of thioether (sulfide) groups is 1. The van der Waals surface area contributed by atoms with Gasteiger partial charge in [-0.1, -0.05) is 36.1 Å². The monoisotopic (exact) mass is 438 g/mol. The highest BCUT2D eigenvalue weighted by Gasteiger charge is 2.22. The molecule has 2 aliphatic heterocycles. The lowest BCUT2D eigenvalue weighted by Crippen LogP contribution is -2.43. The van der Waals surface area contributed by atoms with Crippen LogP contribution in [-0.2, 0) is 4.79 Å². The molecule has 29 heavy (non-hydrogen) atoms. The molecule has 2 aromatic heterocycles. The third-order valence-electron chi connectivity index (χ3n) is 5.05. The first-order valence-corrected chi connectivity index (χ1v) is 11.5. The Hall–Kier alpha value is -2.26. The van der Waals surface area contributed by atoms with E-state index in [9.17, 15) is 4.79 Å². The van der Waals surface area contributed by atoms with Gasteiger partial charge < -0.3 is 15.5 Å². The van der Waals surface area contributed by atoms with Crippen molar-refractivity contribution in [1.82, 2.24) is 15.6 Å². The van der Waals surface area contributed by atoms with Crippen LogP contribution in [-0.4, -0.2) is 41.4 Å². The summed E-state index contributed by atoms with van der Waals surface area (Å²) in [5.74, 6) is -0.120. The molecule has 0 unspecified atom stereocenters. The molecule has 4 heterocycles. The molecule has 2 fully saturated rings. The van der Waals surface area contributed by atoms with E-state index in [1.807, 2.05) is 12.3 Å². The number of hydrogen-bond donors (Lipinski definition) is 2. The fourth-order valence-electron chi connectivity index (χ4n) is 3.62. The molecule has 8 heteroatoms. The fraction of sp³-hybridized carbons (Fsp3) is 0.190. The summed E-state index contributed by atoms with van der Waals surface area (Å²) in [6.45, 7) is 4.04. The maximum Gasteiger partial charge on any atom is 0.263 e. The van der Waals surface area contributed by atoms with Crippen molar-refractivity contribution in [2.45, 2.75) is 0 Å². The van der Waals surface area contributed by atoms with Gasteiger partial charge >= 0.3 is 0 Å². The average Bonchev–Trinajstić information content (AvgIpc) is 3.34. The first kappa shape index (κ1) is 18.7. The molecule has 0 spiro atoms. The number of rotatable bonds is 3. The number of carbonyl (C=O) groups is 1. The third kappa shape index (κ3) is 3.81. The molecule has 3 aromatic rings. The van der Waals surface area contributed by atoms with Gasteiger partial charge in [0.15, 0.2) is 0 Å². The number of thiocarbonyl (C=S) groups is 1. The van der Waals surface area contributed by atoms with E-state index in [4.69, 9.17) is 12.2 Å². The zero-order valence-electron chi connectivity index (χ0n) is 15.5. The van der Waals surface area contributed by atoms with E-state index in [0.29, 0.717) is 9.23 Å². The number of nitrogens with zero attached hydrogens (tertiary/aromatic N) is 2. The van der Waals surface area contributed by atoms with Crippen LogP contribution in [0.15, 0.2) is 46.8 Å². The second-order valence-electron chi connectivity index (χ2n) is 6.89. The van der Waals surface area contributed by atoms with Crippen molar-refractivity contribution < 1.29 is 4.79 Å². The third-order valence-corrected chi connectivity index (χ3v) is 7.09. The molecule has 1 amide bonds. The largest absolute Gasteiger partial charge is 0.368 e. The van der Waals surface area contributed by atoms with Gasteiger partial charge in [-0.2, -0.15) is 0 Å². The van der Waals surface area contributed by atoms with Crippen LogP contribution >= 0.6 is 35.3 Å². The second-order valence-corrected chi connectivity index (χ2v) is 9.55. The number of carbonyl (C=O) groups excluding carboxylic acids is 1. The van der Waals surface area contributed by atoms with E-state index in [0.717, 1.165) is 47.7 Å². The summed E-state index contributed by atoms with van der Waals surface area (Å²) in [6.07, 6.45) is 3.79. The molecule has 146 valence electrons. The molecule has 5 rings (SSSR count). The number of thiophene rings is 1. The lowest BCUT2D eigenvalue weighted by molar-refractivity contribution is -0.115. The molecule has 0 aliphatic carbocycles. The van der Waals surface area contributed by atoms with Gasteiger partial charge in [0.05, 0.1) is 10.4 Å². The first-order valence-electron chi connectivity index (χ1n) is 9.35. The van der Waals surface area contributed by atoms with Gasteiger partial charge in [0.25, 0.3) is 5.91 Å². The Labute approximate surface area is 182 Å². The van der Waals surface area contributed by atoms with E-state index in [1.165, 1.54) is 22.8 Å². The molecule has 0 atom stereocenters. The van der Waals surface area contributed by atoms with Crippen molar-refractivity contribution in [3.8, 4) is 11.1 Å². The quantitative estimate of drug-likeness (QED) is 0.478. The molecule has 2 N–H and O–H groups in total. The highest BCUT2D eigenvalue weighted by atomic mass is 32.2. The van der Waals surface area contributed by atoms with E-state index >= 15 is 0 Å². The Kier molecular flexibility index (Phi) is 5.09. The predicted molar refractivity (Wildman–Crippen MR) is 126 cm³/mol. The SMILES string of the molecule is O=C1NC(=S)SC1=Cc1cc(-c2ccc3c(N4CCNCC4)ccnc3c2)cs1. The van der Waals surface area contributed by atoms with Gasteiger partial charge in [0.1, 0.15) is 4.32 Å². The molecule has 0 saturated carbocycles. The van der Waals surface area contributed by atoms with Gasteiger partial charge in [-0.3, -0.25) is 9.78 Å². The van der Waals surface area contributed by atoms with E-state index in [1.54, 1.807) is 11.3 Å². The number of anilines is 1. The van der Waals surface area contributed by atoms with Crippen molar-refractivity contribution in [3.63, 3.8) is 0 Å². The number of nitrogens with one attached hydrogen (secondary N) is 2. The summed E-state index contributed by atoms with van der Waals surface area (Å²) in [5, 5.41) is 9.35. The average molecular weight is 439 g/mol. The topological polar surface area (TPSA) is 57.3 Å². The maximum atomic E-state index is 11.9. The predicted octanol–water partition coefficient (Wildman–Crippen LogP) is 3.86. The highest BCUT2D eigenvalue weighted by molar-refractivity contribution is 8.26. The minimum atomic E-state index is -0.120. The Balaban J connectivity index is 1.46. The number of pyridine rings is 1. The number of amides is 1. The minimum absolute atomic E-state index is 0.120. The maximum absolute atomic E-state index is 11.9. The van der Waals surface area contributed by atoms with Crippen LogP contribution in [0.1, 0.15) is 4.88 Å². The van der Waals surface area contributed by atoms with Crippen LogP contribution in [0.2, 0.25) is 0 Å². The van der Waals surface area contributed by atoms with Crippen LogP contribution in [0.25, 0.3) is 28.1 Å². The van der Waals surface area contributed by atoms with Crippen molar-refractivity contribution in [2.24, 2.45) is 0 Å². The van der Waals surface area contributed by atoms with Crippen LogP contribution in [0, 0.1) is 0 Å². The molecule has 0 radical (unpaired) electrons. The van der Waals surface area contributed by atoms with E-state index in [-0.39, 0.29) is 5.91 Å². The van der Waals surface area contributed by atoms with Gasteiger partial charge in [-0.15, -0.1) is 11.3 Å². The lowest BCUT2D eigenvalue weighted by atomic mass is 10.0. The minimum Gasteiger partial charge on any atom is -0.368 e. The summed E-state index contributed by atoms with van der Waals surface area (Å²) >= 11 is 7.98. The molecule has 5 nitrogen and oxygen atoms in total. The van der Waals surface area contributed by atoms with E-state index < -0.39 is 0 Å². The first-order chi connectivity index (χ1) is 14.2. The van der Waals surface area contributed by atoms with Crippen molar-refractivity contribution >= 4 is 68.2 Å². The number of fused-ring (bicyclic) bond motifs is 1. The number of aromatic nitrogens is 1. The van der Waals surface area contributed by atoms with Crippen molar-refractivity contribution in [2.75, 3.05) is 31.1 Å². The zero-order valence-corrected chi connectivity index (χ0v) is 17.9. The molecular weight excluding hydrogens is 420 g/mol. The van der Waals surface area contributed by atoms with Gasteiger partial charge in [-0.05, 0) is 40.8 Å². The standard InChI is InChI=1S/C21H18N4OS3/c26-20-19(29-21(27)24-20)11-15-9-14(12-28-15)13-1-2-16-17(10-13)23-4-3-18(16)25-7-5-22-6-8-25/h1-4,9-12,22H,5-8H2,(H,24,26,27). The normalized spacial score (nSPS) is 18.6. The van der Waals surface area contributed by atoms with Crippen molar-refractivity contribution in [3.05, 3.63) is 51.7 Å². The second kappa shape index (κ2) is 7.87. The van der Waals surface area contributed by atoms with Crippen LogP contribution in [0.4, 0.5) is 5.69 Å². The molecular formula is C21H18N4OS3. The summed E-state index contributed by atoms with van der Waals surface area (Å²) in [6, 6.07) is 10.7. The Morgan fingerprint density at radius 2 is 2.00 bits per heavy atom. The molecule has 1 aromatic carbocycles. The summed E-state index contributed by atoms with van der Waals surface area (Å²) in [5.41, 5.74) is 4.51. The number of hydrogen-bond acceptors (Lipinski definition) is 7. The Bertz CT molecular complexity index is 1150. The number of benzene rings is 1. The van der Waals surface area contributed by atoms with Gasteiger partial charge in [-0.25, -0.2) is 0 Å². The lowest BCUT2D eigenvalue weighted by Gasteiger charge is -2.30. The van der Waals surface area contributed by atoms with Crippen molar-refractivity contribution in [1.29, 1.82) is 0 Å². The van der Waals surface area contributed by atoms with Gasteiger partial charge in [0.2, 0.25) is 0 Å². The number of piperazine rings is 1. The molecule has 2 saturated heterocycles. The highest BCUT2D eigenvalue weighted by Crippen LogP contribution is 2.33. The smallest absolute Gasteiger partial charge is 0.263 e. The summed E-state index contributed by atoms with van der Waals surface area (Å²) < 4.78 is 0.513. The Morgan fingerprint density at radius 1 is 1.14 bits per heavy atom. The molecule has 0 bridgehead atoms. The van der Waals surface area contributed by atoms with Crippen LogP contribution in [0.5, 0.6) is 0 Å². The summed E-state index contributed by atoms with van der Waals surface area (Å²) in [4.78, 5) is 20.6. The van der Waals surface area contributed by atoms with Crippen LogP contribution in [0.3, 0.4) is 0 Å². The van der Waals surface area contributed by atoms with Gasteiger partial charge in [0, 0.05) is 48.3 Å². The Morgan fingerprint density at radius 3 is 2.79 bits per heavy atom.